The molecular weight excluding hydrogens is 246 g/mol. The molecular formula is C13H15N3O3. The predicted octanol–water partition coefficient (Wildman–Crippen LogP) is 3.23. The van der Waals surface area contributed by atoms with Gasteiger partial charge in [-0.3, -0.25) is 10.1 Å². The van der Waals surface area contributed by atoms with Crippen molar-refractivity contribution in [3.05, 3.63) is 52.5 Å². The van der Waals surface area contributed by atoms with E-state index in [1.54, 1.807) is 30.7 Å². The van der Waals surface area contributed by atoms with E-state index in [4.69, 9.17) is 4.42 Å². The summed E-state index contributed by atoms with van der Waals surface area (Å²) in [6.45, 7) is 3.01. The fourth-order valence-electron chi connectivity index (χ4n) is 1.81. The second-order valence-electron chi connectivity index (χ2n) is 3.97. The molecule has 1 aromatic heterocycles. The van der Waals surface area contributed by atoms with Crippen LogP contribution in [0.25, 0.3) is 0 Å². The zero-order chi connectivity index (χ0) is 13.7. The number of anilines is 2. The number of nitro groups is 1. The number of rotatable bonds is 6. The van der Waals surface area contributed by atoms with Gasteiger partial charge in [-0.15, -0.1) is 0 Å². The quantitative estimate of drug-likeness (QED) is 0.616. The number of benzene rings is 1. The van der Waals surface area contributed by atoms with Crippen LogP contribution in [-0.4, -0.2) is 11.5 Å². The van der Waals surface area contributed by atoms with Crippen molar-refractivity contribution in [3.63, 3.8) is 0 Å². The Morgan fingerprint density at radius 1 is 1.26 bits per heavy atom. The average Bonchev–Trinajstić information content (AvgIpc) is 2.89. The molecule has 1 heterocycles. The van der Waals surface area contributed by atoms with E-state index in [2.05, 4.69) is 10.6 Å². The molecule has 0 bridgehead atoms. The molecule has 0 spiro atoms. The predicted molar refractivity (Wildman–Crippen MR) is 73.3 cm³/mol. The number of para-hydroxylation sites is 1. The highest BCUT2D eigenvalue weighted by atomic mass is 16.6. The average molecular weight is 261 g/mol. The number of nitrogens with one attached hydrogen (secondary N) is 2. The van der Waals surface area contributed by atoms with Gasteiger partial charge in [0.15, 0.2) is 0 Å². The Morgan fingerprint density at radius 2 is 2.00 bits per heavy atom. The van der Waals surface area contributed by atoms with Crippen molar-refractivity contribution in [2.24, 2.45) is 0 Å². The van der Waals surface area contributed by atoms with E-state index in [9.17, 15) is 10.1 Å². The first-order valence-electron chi connectivity index (χ1n) is 5.98. The van der Waals surface area contributed by atoms with Crippen molar-refractivity contribution in [1.82, 2.24) is 0 Å². The van der Waals surface area contributed by atoms with Crippen molar-refractivity contribution in [3.8, 4) is 0 Å². The largest absolute Gasteiger partial charge is 0.472 e. The molecule has 100 valence electrons. The molecule has 6 heteroatoms. The fraction of sp³-hybridized carbons (Fsp3) is 0.231. The minimum atomic E-state index is -0.379. The first kappa shape index (κ1) is 12.9. The molecule has 0 fully saturated rings. The van der Waals surface area contributed by atoms with Crippen LogP contribution in [0.15, 0.2) is 41.2 Å². The van der Waals surface area contributed by atoms with Gasteiger partial charge in [0.2, 0.25) is 0 Å². The Hall–Kier alpha value is -2.50. The smallest absolute Gasteiger partial charge is 0.315 e. The summed E-state index contributed by atoms with van der Waals surface area (Å²) in [5.74, 6) is 0. The molecule has 0 saturated heterocycles. The minimum Gasteiger partial charge on any atom is -0.472 e. The summed E-state index contributed by atoms with van der Waals surface area (Å²) in [6, 6.07) is 6.99. The summed E-state index contributed by atoms with van der Waals surface area (Å²) in [6.07, 6.45) is 3.17. The van der Waals surface area contributed by atoms with Crippen LogP contribution in [0.1, 0.15) is 12.5 Å². The molecule has 2 rings (SSSR count). The van der Waals surface area contributed by atoms with Crippen LogP contribution in [-0.2, 0) is 6.54 Å². The second kappa shape index (κ2) is 5.90. The first-order chi connectivity index (χ1) is 9.22. The third kappa shape index (κ3) is 3.04. The van der Waals surface area contributed by atoms with Crippen LogP contribution in [0.5, 0.6) is 0 Å². The summed E-state index contributed by atoms with van der Waals surface area (Å²) in [5, 5.41) is 17.2. The molecule has 0 amide bonds. The third-order valence-electron chi connectivity index (χ3n) is 2.65. The second-order valence-corrected chi connectivity index (χ2v) is 3.97. The van der Waals surface area contributed by atoms with Crippen LogP contribution >= 0.6 is 0 Å². The van der Waals surface area contributed by atoms with Gasteiger partial charge in [-0.2, -0.15) is 0 Å². The molecule has 0 unspecified atom stereocenters. The topological polar surface area (TPSA) is 80.3 Å². The molecule has 19 heavy (non-hydrogen) atoms. The molecule has 0 radical (unpaired) electrons. The van der Waals surface area contributed by atoms with Crippen LogP contribution in [0.4, 0.5) is 17.1 Å². The molecule has 6 nitrogen and oxygen atoms in total. The highest BCUT2D eigenvalue weighted by molar-refractivity contribution is 5.76. The maximum atomic E-state index is 11.2. The number of nitro benzene ring substituents is 1. The number of hydrogen-bond donors (Lipinski definition) is 2. The minimum absolute atomic E-state index is 0.0628. The van der Waals surface area contributed by atoms with Crippen molar-refractivity contribution < 1.29 is 9.34 Å². The van der Waals surface area contributed by atoms with E-state index in [1.807, 2.05) is 13.0 Å². The normalized spacial score (nSPS) is 10.2. The van der Waals surface area contributed by atoms with Crippen molar-refractivity contribution in [2.75, 3.05) is 17.2 Å². The molecule has 2 aromatic rings. The zero-order valence-electron chi connectivity index (χ0n) is 10.6. The van der Waals surface area contributed by atoms with Gasteiger partial charge in [-0.05, 0) is 25.1 Å². The highest BCUT2D eigenvalue weighted by Crippen LogP contribution is 2.32. The molecule has 0 aliphatic rings. The molecule has 0 aliphatic carbocycles. The lowest BCUT2D eigenvalue weighted by Crippen LogP contribution is -2.06. The van der Waals surface area contributed by atoms with E-state index in [-0.39, 0.29) is 10.6 Å². The van der Waals surface area contributed by atoms with Crippen molar-refractivity contribution in [2.45, 2.75) is 13.5 Å². The lowest BCUT2D eigenvalue weighted by molar-refractivity contribution is -0.383. The summed E-state index contributed by atoms with van der Waals surface area (Å²) in [4.78, 5) is 10.8. The highest BCUT2D eigenvalue weighted by Gasteiger charge is 2.18. The molecule has 0 aliphatic heterocycles. The summed E-state index contributed by atoms with van der Waals surface area (Å²) in [7, 11) is 0. The Bertz CT molecular complexity index is 552. The molecule has 0 atom stereocenters. The number of hydrogen-bond acceptors (Lipinski definition) is 5. The van der Waals surface area contributed by atoms with Crippen molar-refractivity contribution in [1.29, 1.82) is 0 Å². The molecule has 2 N–H and O–H groups in total. The van der Waals surface area contributed by atoms with E-state index in [1.165, 1.54) is 0 Å². The number of nitrogens with zero attached hydrogens (tertiary/aromatic N) is 1. The van der Waals surface area contributed by atoms with Gasteiger partial charge in [0.25, 0.3) is 0 Å². The maximum absolute atomic E-state index is 11.2. The van der Waals surface area contributed by atoms with Crippen LogP contribution in [0.2, 0.25) is 0 Å². The SMILES string of the molecule is CCNc1cccc(NCc2ccoc2)c1[N+](=O)[O-]. The first-order valence-corrected chi connectivity index (χ1v) is 5.98. The van der Waals surface area contributed by atoms with Crippen LogP contribution in [0, 0.1) is 10.1 Å². The maximum Gasteiger partial charge on any atom is 0.315 e. The van der Waals surface area contributed by atoms with Gasteiger partial charge in [-0.25, -0.2) is 0 Å². The third-order valence-corrected chi connectivity index (χ3v) is 2.65. The standard InChI is InChI=1S/C13H15N3O3/c1-2-14-11-4-3-5-12(13(11)16(17)18)15-8-10-6-7-19-9-10/h3-7,9,14-15H,2,8H2,1H3. The Morgan fingerprint density at radius 3 is 2.58 bits per heavy atom. The van der Waals surface area contributed by atoms with Crippen molar-refractivity contribution >= 4 is 17.1 Å². The van der Waals surface area contributed by atoms with E-state index in [0.717, 1.165) is 5.56 Å². The van der Waals surface area contributed by atoms with Gasteiger partial charge >= 0.3 is 5.69 Å². The Balaban J connectivity index is 2.23. The van der Waals surface area contributed by atoms with Gasteiger partial charge in [0.05, 0.1) is 17.4 Å². The summed E-state index contributed by atoms with van der Waals surface area (Å²) >= 11 is 0. The van der Waals surface area contributed by atoms with Gasteiger partial charge < -0.3 is 15.1 Å². The lowest BCUT2D eigenvalue weighted by atomic mass is 10.2. The van der Waals surface area contributed by atoms with Crippen LogP contribution < -0.4 is 10.6 Å². The Kier molecular flexibility index (Phi) is 4.02. The van der Waals surface area contributed by atoms with Gasteiger partial charge in [0.1, 0.15) is 11.4 Å². The van der Waals surface area contributed by atoms with Crippen LogP contribution in [0.3, 0.4) is 0 Å². The fourth-order valence-corrected chi connectivity index (χ4v) is 1.81. The Labute approximate surface area is 110 Å². The van der Waals surface area contributed by atoms with Gasteiger partial charge in [-0.1, -0.05) is 6.07 Å². The van der Waals surface area contributed by atoms with E-state index in [0.29, 0.717) is 24.5 Å². The van der Waals surface area contributed by atoms with Gasteiger partial charge in [0, 0.05) is 18.7 Å². The number of furan rings is 1. The summed E-state index contributed by atoms with van der Waals surface area (Å²) < 4.78 is 4.96. The lowest BCUT2D eigenvalue weighted by Gasteiger charge is -2.10. The van der Waals surface area contributed by atoms with E-state index >= 15 is 0 Å². The zero-order valence-corrected chi connectivity index (χ0v) is 10.6. The monoisotopic (exact) mass is 261 g/mol. The molecule has 1 aromatic carbocycles. The molecule has 0 saturated carbocycles. The van der Waals surface area contributed by atoms with E-state index < -0.39 is 0 Å². The summed E-state index contributed by atoms with van der Waals surface area (Å²) in [5.41, 5.74) is 2.00.